The Hall–Kier alpha value is -3.10. The normalized spacial score (nSPS) is 30.5. The van der Waals surface area contributed by atoms with Crippen LogP contribution in [0.1, 0.15) is 519 Å². The second-order valence-corrected chi connectivity index (χ2v) is 60.2. The minimum absolute atomic E-state index is 0. The van der Waals surface area contributed by atoms with E-state index in [0.717, 1.165) is 11.5 Å². The highest BCUT2D eigenvalue weighted by molar-refractivity contribution is 5.91. The van der Waals surface area contributed by atoms with Crippen molar-refractivity contribution in [2.75, 3.05) is 63.4 Å². The molecule has 17 heteroatoms. The number of amidine groups is 1. The summed E-state index contributed by atoms with van der Waals surface area (Å²) in [5.41, 5.74) is 10.6. The summed E-state index contributed by atoms with van der Waals surface area (Å²) in [5.74, 6) is -0.0498. The lowest BCUT2D eigenvalue weighted by atomic mass is 9.41. The van der Waals surface area contributed by atoms with Gasteiger partial charge in [-0.3, -0.25) is 48.9 Å². The summed E-state index contributed by atoms with van der Waals surface area (Å²) < 4.78 is 12.5. The first-order valence-corrected chi connectivity index (χ1v) is 52.1. The van der Waals surface area contributed by atoms with Crippen molar-refractivity contribution in [2.45, 2.75) is 614 Å². The molecule has 10 aliphatic rings. The lowest BCUT2D eigenvalue weighted by Crippen LogP contribution is -2.76. The molecular formula is C125H258N12O5. The third-order valence-electron chi connectivity index (χ3n) is 48.4. The summed E-state index contributed by atoms with van der Waals surface area (Å²) in [6.45, 7) is 143. The van der Waals surface area contributed by atoms with Crippen LogP contribution in [0.5, 0.6) is 0 Å². The van der Waals surface area contributed by atoms with Crippen molar-refractivity contribution < 1.29 is 24.3 Å². The molecule has 1 aromatic rings. The van der Waals surface area contributed by atoms with Crippen LogP contribution >= 0.6 is 0 Å². The van der Waals surface area contributed by atoms with Crippen molar-refractivity contribution >= 4 is 23.5 Å². The van der Waals surface area contributed by atoms with Crippen molar-refractivity contribution in [3.8, 4) is 0 Å². The van der Waals surface area contributed by atoms with Gasteiger partial charge < -0.3 is 20.1 Å². The molecule has 6 saturated heterocycles. The van der Waals surface area contributed by atoms with Crippen LogP contribution in [0.2, 0.25) is 0 Å². The molecular weight excluding hydrogens is 1750 g/mol. The van der Waals surface area contributed by atoms with Gasteiger partial charge in [0.15, 0.2) is 0 Å². The summed E-state index contributed by atoms with van der Waals surface area (Å²) in [6, 6.07) is 8.77. The van der Waals surface area contributed by atoms with E-state index in [1.165, 1.54) is 29.0 Å². The van der Waals surface area contributed by atoms with Gasteiger partial charge >= 0.3 is 11.9 Å². The summed E-state index contributed by atoms with van der Waals surface area (Å²) >= 11 is 0. The maximum absolute atomic E-state index is 13.3. The number of hydroxylamine groups is 2. The zero-order valence-corrected chi connectivity index (χ0v) is 104. The number of hydrogen-bond acceptors (Lipinski definition) is 17. The van der Waals surface area contributed by atoms with Crippen LogP contribution < -0.4 is 5.43 Å². The number of hydrogen-bond donors (Lipinski definition) is 2. The Labute approximate surface area is 890 Å². The number of nitrogens with one attached hydrogen (secondary N) is 1. The molecule has 8 heterocycles. The Bertz CT molecular complexity index is 4100. The summed E-state index contributed by atoms with van der Waals surface area (Å²) in [7, 11) is 19.4. The quantitative estimate of drug-likeness (QED) is 0.128. The van der Waals surface area contributed by atoms with Crippen molar-refractivity contribution in [2.24, 2.45) is 85.8 Å². The fourth-order valence-corrected chi connectivity index (χ4v) is 27.2. The molecule has 4 unspecified atom stereocenters. The third-order valence-corrected chi connectivity index (χ3v) is 48.4. The molecule has 2 N–H and O–H groups in total. The lowest BCUT2D eigenvalue weighted by molar-refractivity contribution is -0.245. The van der Waals surface area contributed by atoms with Gasteiger partial charge in [0.1, 0.15) is 30.1 Å². The number of nitrogens with zero attached hydrogens (tertiary/aromatic N) is 11. The summed E-state index contributed by atoms with van der Waals surface area (Å²) in [4.78, 5) is 52.4. The van der Waals surface area contributed by atoms with Gasteiger partial charge in [0.25, 0.3) is 0 Å². The number of fused-ring (bicyclic) bond motifs is 3. The van der Waals surface area contributed by atoms with Crippen LogP contribution in [-0.2, 0) is 30.1 Å². The monoisotopic (exact) mass is 2010 g/mol. The van der Waals surface area contributed by atoms with Crippen LogP contribution in [-0.4, -0.2) is 232 Å². The van der Waals surface area contributed by atoms with Gasteiger partial charge in [-0.05, 0) is 397 Å². The van der Waals surface area contributed by atoms with Crippen molar-refractivity contribution in [1.29, 1.82) is 0 Å². The minimum atomic E-state index is -0.519. The SMILES string of the molecule is C.C.C.C.C.C.C.CC(C)(C)N(O)C(C)(C)C.CC1=NC(C)(C)N(C)N1.CN1C(C)(C)C(C)(C)C(C)(C)C(C)(C)C1(C)C.CN1C(C)(C)C(C)(C)C(C)(C)C1(C)C.CN1C(C)(C)C(C)(C)C(OC(=O)CC(=O)OC2C(C)(C)C(C)(C)N(C)C(C)(C)C2(C)C)C(C)(C)C1(C)C.CN1C(C)(C)C(C)(C)C2(C)CC2(C)C1(C)C.CN1C(C)(C)C2(C)CC2(C)C1(C)C.CN1C(C)(C)c2ccccc2C1(C)C.CN=C(C)C. The van der Waals surface area contributed by atoms with Gasteiger partial charge in [-0.25, -0.2) is 4.99 Å². The van der Waals surface area contributed by atoms with Gasteiger partial charge in [0.05, 0.1) is 0 Å². The van der Waals surface area contributed by atoms with E-state index in [-0.39, 0.29) is 180 Å². The third kappa shape index (κ3) is 22.0. The number of esters is 2. The summed E-state index contributed by atoms with van der Waals surface area (Å²) in [5, 5.41) is 12.9. The van der Waals surface area contributed by atoms with E-state index in [1.54, 1.807) is 7.05 Å². The van der Waals surface area contributed by atoms with E-state index in [1.807, 2.05) is 74.4 Å². The van der Waals surface area contributed by atoms with E-state index in [0.29, 0.717) is 54.5 Å². The largest absolute Gasteiger partial charge is 0.461 e. The number of rotatable bonds is 4. The van der Waals surface area contributed by atoms with Crippen LogP contribution in [0, 0.1) is 75.8 Å². The predicted octanol–water partition coefficient (Wildman–Crippen LogP) is 32.8. The molecule has 848 valence electrons. The Morgan fingerprint density at radius 1 is 0.345 bits per heavy atom. The Balaban J connectivity index is -0.000000517. The Morgan fingerprint density at radius 2 is 0.542 bits per heavy atom. The highest BCUT2D eigenvalue weighted by Crippen LogP contribution is 2.83. The van der Waals surface area contributed by atoms with Crippen LogP contribution in [0.15, 0.2) is 34.3 Å². The maximum Gasteiger partial charge on any atom is 0.317 e. The standard InChI is InChI=1S/C31H58N2O4.C16H33N.C15H29N.C13H19N.C13H27N.C12H23N.C8H19NO.C6H13N3.C4H9N.7CH4/c1-24(2)22(25(3,4)29(11,12)32(17)28(24,9)10)36-20(34)19-21(35)37-23-26(5,6)30(13,14)33(18)31(15,16)27(23,7)8;1-12(2)13(3,4)15(7,8)17(11)16(9,10)14(12,5)6;1-11(2)12(3,4)16(9)13(5,6)15(8)10-14(11,15)7;1-12(2)10-8-6-7-9-11(10)13(3,4)14(12)5;1-10(2)11(3,4)13(7,8)14(9)12(10,5)6;1-9(2)11(5)8-12(11,6)10(3,4)13(9)7;1-7(2,3)9(10)8(4,5)6;1-5-7-6(2,3)9(4)8-5;1-4(2)5-3;;;;;;;/h22-23H,19H2,1-18H3;1-11H3;10H2,1-9H3;6-9H,1-5H3;1-9H3;8H2,1-7H3;10H,1-6H3;1-4H3,(H,7,8);1-3H3;7*1H4. The summed E-state index contributed by atoms with van der Waals surface area (Å²) in [6.07, 6.45) is 1.61. The van der Waals surface area contributed by atoms with Crippen LogP contribution in [0.3, 0.4) is 0 Å². The molecule has 0 aromatic heterocycles. The molecule has 0 radical (unpaired) electrons. The van der Waals surface area contributed by atoms with E-state index >= 15 is 0 Å². The molecule has 8 fully saturated rings. The van der Waals surface area contributed by atoms with Gasteiger partial charge in [-0.1, -0.05) is 242 Å². The molecule has 17 nitrogen and oxygen atoms in total. The maximum atomic E-state index is 13.3. The molecule has 142 heavy (non-hydrogen) atoms. The fourth-order valence-electron chi connectivity index (χ4n) is 27.2. The smallest absolute Gasteiger partial charge is 0.317 e. The van der Waals surface area contributed by atoms with Gasteiger partial charge in [-0.2, -0.15) is 10.1 Å². The first-order chi connectivity index (χ1) is 58.4. The predicted molar refractivity (Wildman–Crippen MR) is 633 cm³/mol. The molecule has 0 spiro atoms. The number of carbonyl (C=O) groups is 2. The second kappa shape index (κ2) is 42.7. The molecule has 2 saturated carbocycles. The molecule has 2 aliphatic carbocycles. The van der Waals surface area contributed by atoms with Gasteiger partial charge in [0, 0.05) is 130 Å². The number of likely N-dealkylation sites (tertiary alicyclic amines) is 6. The second-order valence-electron chi connectivity index (χ2n) is 60.2. The zero-order chi connectivity index (χ0) is 109. The average molecular weight is 2010 g/mol. The van der Waals surface area contributed by atoms with Crippen LogP contribution in [0.4, 0.5) is 0 Å². The number of hydrazine groups is 1. The van der Waals surface area contributed by atoms with Crippen molar-refractivity contribution in [3.05, 3.63) is 35.4 Å². The first-order valence-electron chi connectivity index (χ1n) is 52.1. The Morgan fingerprint density at radius 3 is 0.725 bits per heavy atom. The van der Waals surface area contributed by atoms with E-state index in [4.69, 9.17) is 9.47 Å². The van der Waals surface area contributed by atoms with Crippen molar-refractivity contribution in [1.82, 2.24) is 49.8 Å². The number of carbonyl (C=O) groups excluding carboxylic acids is 2. The minimum Gasteiger partial charge on any atom is -0.461 e. The molecule has 4 atom stereocenters. The van der Waals surface area contributed by atoms with Gasteiger partial charge in [-0.15, -0.1) is 0 Å². The van der Waals surface area contributed by atoms with E-state index in [9.17, 15) is 14.8 Å². The molecule has 1 aromatic carbocycles. The molecule has 0 bridgehead atoms. The number of aliphatic imine (C=N–C) groups is 2. The van der Waals surface area contributed by atoms with Gasteiger partial charge in [0.2, 0.25) is 0 Å². The lowest BCUT2D eigenvalue weighted by Gasteiger charge is -2.73. The molecule has 8 aliphatic heterocycles. The number of piperidine rings is 5. The average Bonchev–Trinajstić information content (AvgIpc) is 1.47. The van der Waals surface area contributed by atoms with Crippen molar-refractivity contribution in [3.63, 3.8) is 0 Å². The number of ether oxygens (including phenoxy) is 2. The Kier molecular flexibility index (Phi) is 44.3. The van der Waals surface area contributed by atoms with E-state index in [2.05, 4.69) is 497 Å². The van der Waals surface area contributed by atoms with E-state index < -0.39 is 18.4 Å². The fraction of sp³-hybridized carbons (Fsp3) is 0.920. The zero-order valence-electron chi connectivity index (χ0n) is 104. The highest BCUT2D eigenvalue weighted by atomic mass is 16.6. The molecule has 0 amide bonds. The topological polar surface area (TPSA) is 139 Å². The first kappa shape index (κ1) is 147. The number of benzene rings is 1. The van der Waals surface area contributed by atoms with Crippen LogP contribution in [0.25, 0.3) is 0 Å². The molecule has 11 rings (SSSR count). The highest BCUT2D eigenvalue weighted by Gasteiger charge is 2.82.